The first-order valence-corrected chi connectivity index (χ1v) is 10.3. The molecule has 146 valence electrons. The number of aryl methyl sites for hydroxylation is 1. The van der Waals surface area contributed by atoms with Gasteiger partial charge in [0.15, 0.2) is 0 Å². The van der Waals surface area contributed by atoms with Gasteiger partial charge in [-0.2, -0.15) is 0 Å². The summed E-state index contributed by atoms with van der Waals surface area (Å²) in [6, 6.07) is 18.8. The number of hydrogen-bond acceptors (Lipinski definition) is 2. The number of piperidine rings is 1. The van der Waals surface area contributed by atoms with Crippen molar-refractivity contribution in [1.29, 1.82) is 0 Å². The number of para-hydroxylation sites is 1. The molecule has 1 aromatic heterocycles. The molecule has 1 aliphatic rings. The zero-order valence-electron chi connectivity index (χ0n) is 16.8. The molecule has 0 bridgehead atoms. The summed E-state index contributed by atoms with van der Waals surface area (Å²) in [6.45, 7) is 7.87. The van der Waals surface area contributed by atoms with Gasteiger partial charge in [0.25, 0.3) is 5.91 Å². The first-order chi connectivity index (χ1) is 13.6. The van der Waals surface area contributed by atoms with Gasteiger partial charge in [-0.1, -0.05) is 30.3 Å². The van der Waals surface area contributed by atoms with E-state index in [0.717, 1.165) is 37.1 Å². The minimum absolute atomic E-state index is 0.103. The molecule has 4 nitrogen and oxygen atoms in total. The minimum atomic E-state index is 0.103. The largest absolute Gasteiger partial charge is 0.371 e. The summed E-state index contributed by atoms with van der Waals surface area (Å²) >= 11 is 0. The number of carbonyl (C=O) groups excluding carboxylic acids is 1. The number of fused-ring (bicyclic) bond motifs is 1. The van der Waals surface area contributed by atoms with Gasteiger partial charge in [-0.25, -0.2) is 0 Å². The number of aromatic nitrogens is 1. The Bertz CT molecular complexity index is 928. The molecule has 1 aliphatic heterocycles. The molecule has 1 amide bonds. The van der Waals surface area contributed by atoms with E-state index in [1.165, 1.54) is 24.1 Å². The predicted molar refractivity (Wildman–Crippen MR) is 116 cm³/mol. The summed E-state index contributed by atoms with van der Waals surface area (Å²) < 4.78 is 0. The Hall–Kier alpha value is -2.75. The number of aromatic amines is 1. The van der Waals surface area contributed by atoms with E-state index in [4.69, 9.17) is 0 Å². The summed E-state index contributed by atoms with van der Waals surface area (Å²) in [6.07, 6.45) is 2.36. The zero-order chi connectivity index (χ0) is 19.5. The monoisotopic (exact) mass is 375 g/mol. The van der Waals surface area contributed by atoms with Gasteiger partial charge in [0.1, 0.15) is 5.69 Å². The average molecular weight is 376 g/mol. The fraction of sp³-hybridized carbons (Fsp3) is 0.375. The maximum absolute atomic E-state index is 13.1. The van der Waals surface area contributed by atoms with Gasteiger partial charge in [0.2, 0.25) is 0 Å². The molecule has 1 N–H and O–H groups in total. The van der Waals surface area contributed by atoms with Crippen LogP contribution in [0.4, 0.5) is 5.69 Å². The topological polar surface area (TPSA) is 39.3 Å². The van der Waals surface area contributed by atoms with Crippen LogP contribution in [0, 0.1) is 12.8 Å². The lowest BCUT2D eigenvalue weighted by Crippen LogP contribution is -2.43. The molecule has 1 fully saturated rings. The fourth-order valence-electron chi connectivity index (χ4n) is 4.30. The molecular formula is C24H29N3O. The molecule has 0 radical (unpaired) electrons. The average Bonchev–Trinajstić information content (AvgIpc) is 3.16. The van der Waals surface area contributed by atoms with Crippen molar-refractivity contribution in [2.45, 2.75) is 26.7 Å². The molecule has 2 aromatic carbocycles. The number of amides is 1. The van der Waals surface area contributed by atoms with Gasteiger partial charge < -0.3 is 14.8 Å². The third kappa shape index (κ3) is 3.91. The Morgan fingerprint density at radius 1 is 1.18 bits per heavy atom. The standard InChI is InChI=1S/C24H29N3O/c1-3-26(24(28)23-15-20-10-4-5-12-22(20)25-23)16-19-9-7-13-27(17-19)21-11-6-8-18(2)14-21/h4-6,8,10-12,14-15,19,25H,3,7,9,13,16-17H2,1-2H3. The SMILES string of the molecule is CCN(CC1CCCN(c2cccc(C)c2)C1)C(=O)c1cc2ccccc2[nH]1. The van der Waals surface area contributed by atoms with Gasteiger partial charge in [0, 0.05) is 42.8 Å². The van der Waals surface area contributed by atoms with E-state index in [-0.39, 0.29) is 5.91 Å². The van der Waals surface area contributed by atoms with Gasteiger partial charge in [-0.05, 0) is 62.4 Å². The van der Waals surface area contributed by atoms with E-state index < -0.39 is 0 Å². The molecule has 1 saturated heterocycles. The molecule has 2 heterocycles. The Kier molecular flexibility index (Phi) is 5.38. The van der Waals surface area contributed by atoms with E-state index in [1.54, 1.807) is 0 Å². The van der Waals surface area contributed by atoms with E-state index >= 15 is 0 Å². The highest BCUT2D eigenvalue weighted by atomic mass is 16.2. The maximum Gasteiger partial charge on any atom is 0.270 e. The van der Waals surface area contributed by atoms with Crippen LogP contribution in [-0.4, -0.2) is 42.0 Å². The van der Waals surface area contributed by atoms with Crippen molar-refractivity contribution in [3.05, 3.63) is 65.9 Å². The van der Waals surface area contributed by atoms with Crippen LogP contribution in [0.1, 0.15) is 35.8 Å². The maximum atomic E-state index is 13.1. The van der Waals surface area contributed by atoms with E-state index in [1.807, 2.05) is 35.2 Å². The lowest BCUT2D eigenvalue weighted by atomic mass is 9.96. The van der Waals surface area contributed by atoms with Crippen LogP contribution >= 0.6 is 0 Å². The van der Waals surface area contributed by atoms with Gasteiger partial charge >= 0.3 is 0 Å². The first kappa shape index (κ1) is 18.6. The second kappa shape index (κ2) is 8.09. The number of nitrogens with one attached hydrogen (secondary N) is 1. The van der Waals surface area contributed by atoms with Gasteiger partial charge in [-0.3, -0.25) is 4.79 Å². The van der Waals surface area contributed by atoms with Crippen LogP contribution in [0.5, 0.6) is 0 Å². The van der Waals surface area contributed by atoms with Crippen LogP contribution in [0.3, 0.4) is 0 Å². The van der Waals surface area contributed by atoms with Crippen LogP contribution < -0.4 is 4.90 Å². The number of rotatable bonds is 5. The molecule has 4 heteroatoms. The second-order valence-corrected chi connectivity index (χ2v) is 7.91. The summed E-state index contributed by atoms with van der Waals surface area (Å²) in [4.78, 5) is 20.9. The Morgan fingerprint density at radius 3 is 2.82 bits per heavy atom. The van der Waals surface area contributed by atoms with Crippen molar-refractivity contribution < 1.29 is 4.79 Å². The third-order valence-corrected chi connectivity index (χ3v) is 5.79. The van der Waals surface area contributed by atoms with Crippen molar-refractivity contribution in [1.82, 2.24) is 9.88 Å². The molecule has 28 heavy (non-hydrogen) atoms. The number of carbonyl (C=O) groups is 1. The Balaban J connectivity index is 1.45. The number of anilines is 1. The molecule has 4 rings (SSSR count). The molecule has 0 spiro atoms. The van der Waals surface area contributed by atoms with Gasteiger partial charge in [-0.15, -0.1) is 0 Å². The summed E-state index contributed by atoms with van der Waals surface area (Å²) in [5.41, 5.74) is 4.30. The predicted octanol–water partition coefficient (Wildman–Crippen LogP) is 4.86. The zero-order valence-corrected chi connectivity index (χ0v) is 16.8. The number of nitrogens with zero attached hydrogens (tertiary/aromatic N) is 2. The first-order valence-electron chi connectivity index (χ1n) is 10.3. The Labute approximate surface area is 167 Å². The molecule has 1 atom stereocenters. The highest BCUT2D eigenvalue weighted by Gasteiger charge is 2.25. The van der Waals surface area contributed by atoms with Crippen LogP contribution in [0.25, 0.3) is 10.9 Å². The quantitative estimate of drug-likeness (QED) is 0.692. The van der Waals surface area contributed by atoms with E-state index in [0.29, 0.717) is 11.6 Å². The lowest BCUT2D eigenvalue weighted by Gasteiger charge is -2.37. The van der Waals surface area contributed by atoms with Crippen molar-refractivity contribution in [3.8, 4) is 0 Å². The normalized spacial score (nSPS) is 17.1. The van der Waals surface area contributed by atoms with Crippen LogP contribution in [-0.2, 0) is 0 Å². The molecule has 0 saturated carbocycles. The lowest BCUT2D eigenvalue weighted by molar-refractivity contribution is 0.0727. The molecular weight excluding hydrogens is 346 g/mol. The minimum Gasteiger partial charge on any atom is -0.371 e. The summed E-state index contributed by atoms with van der Waals surface area (Å²) in [5, 5.41) is 1.09. The highest BCUT2D eigenvalue weighted by Crippen LogP contribution is 2.25. The fourth-order valence-corrected chi connectivity index (χ4v) is 4.30. The van der Waals surface area contributed by atoms with Crippen molar-refractivity contribution in [3.63, 3.8) is 0 Å². The third-order valence-electron chi connectivity index (χ3n) is 5.79. The number of H-pyrrole nitrogens is 1. The van der Waals surface area contributed by atoms with Gasteiger partial charge in [0.05, 0.1) is 0 Å². The van der Waals surface area contributed by atoms with E-state index in [9.17, 15) is 4.79 Å². The number of hydrogen-bond donors (Lipinski definition) is 1. The van der Waals surface area contributed by atoms with E-state index in [2.05, 4.69) is 48.0 Å². The van der Waals surface area contributed by atoms with Crippen LogP contribution in [0.15, 0.2) is 54.6 Å². The van der Waals surface area contributed by atoms with Crippen LogP contribution in [0.2, 0.25) is 0 Å². The van der Waals surface area contributed by atoms with Crippen molar-refractivity contribution in [2.24, 2.45) is 5.92 Å². The smallest absolute Gasteiger partial charge is 0.270 e. The molecule has 1 unspecified atom stereocenters. The Morgan fingerprint density at radius 2 is 2.04 bits per heavy atom. The molecule has 3 aromatic rings. The summed E-state index contributed by atoms with van der Waals surface area (Å²) in [5.74, 6) is 0.605. The molecule has 0 aliphatic carbocycles. The second-order valence-electron chi connectivity index (χ2n) is 7.91. The van der Waals surface area contributed by atoms with Crippen molar-refractivity contribution in [2.75, 3.05) is 31.1 Å². The highest BCUT2D eigenvalue weighted by molar-refractivity contribution is 5.98. The summed E-state index contributed by atoms with van der Waals surface area (Å²) in [7, 11) is 0. The number of benzene rings is 2. The van der Waals surface area contributed by atoms with Crippen molar-refractivity contribution >= 4 is 22.5 Å².